The molecule has 110 valence electrons. The van der Waals surface area contributed by atoms with Crippen molar-refractivity contribution in [2.24, 2.45) is 0 Å². The van der Waals surface area contributed by atoms with Gasteiger partial charge in [-0.1, -0.05) is 18.5 Å². The summed E-state index contributed by atoms with van der Waals surface area (Å²) < 4.78 is 0. The summed E-state index contributed by atoms with van der Waals surface area (Å²) in [6, 6.07) is 3.75. The predicted molar refractivity (Wildman–Crippen MR) is 81.8 cm³/mol. The Morgan fingerprint density at radius 1 is 1.55 bits per heavy atom. The van der Waals surface area contributed by atoms with Crippen LogP contribution >= 0.6 is 11.6 Å². The fourth-order valence-corrected chi connectivity index (χ4v) is 2.98. The van der Waals surface area contributed by atoms with Crippen LogP contribution in [0.4, 0.5) is 11.4 Å². The van der Waals surface area contributed by atoms with Gasteiger partial charge in [-0.2, -0.15) is 0 Å². The lowest BCUT2D eigenvalue weighted by Gasteiger charge is -2.32. The number of aryl methyl sites for hydroxylation is 1. The molecule has 2 rings (SSSR count). The van der Waals surface area contributed by atoms with Crippen molar-refractivity contribution in [3.05, 3.63) is 32.8 Å². The molecule has 1 N–H and O–H groups in total. The van der Waals surface area contributed by atoms with Crippen LogP contribution in [-0.4, -0.2) is 30.6 Å². The quantitative estimate of drug-likeness (QED) is 0.670. The van der Waals surface area contributed by atoms with E-state index < -0.39 is 4.92 Å². The molecule has 0 bridgehead atoms. The van der Waals surface area contributed by atoms with Crippen molar-refractivity contribution in [1.82, 2.24) is 5.32 Å². The molecule has 1 atom stereocenters. The summed E-state index contributed by atoms with van der Waals surface area (Å²) in [6.45, 7) is 6.95. The number of nitro groups is 1. The van der Waals surface area contributed by atoms with E-state index >= 15 is 0 Å². The summed E-state index contributed by atoms with van der Waals surface area (Å²) in [5, 5.41) is 14.5. The number of nitro benzene ring substituents is 1. The zero-order valence-electron chi connectivity index (χ0n) is 11.9. The maximum atomic E-state index is 10.9. The van der Waals surface area contributed by atoms with Gasteiger partial charge in [-0.3, -0.25) is 10.1 Å². The smallest absolute Gasteiger partial charge is 0.288 e. The highest BCUT2D eigenvalue weighted by molar-refractivity contribution is 6.33. The lowest BCUT2D eigenvalue weighted by Crippen LogP contribution is -2.38. The van der Waals surface area contributed by atoms with Gasteiger partial charge in [0.25, 0.3) is 5.69 Å². The van der Waals surface area contributed by atoms with E-state index in [-0.39, 0.29) is 10.7 Å². The highest BCUT2D eigenvalue weighted by Crippen LogP contribution is 2.34. The molecule has 0 aromatic heterocycles. The standard InChI is InChI=1S/C14H20ClN3O2/c1-3-6-17(11-4-5-16-9-11)13-8-12(15)14(18(19)20)7-10(13)2/h7-8,11,16H,3-6,9H2,1-2H3. The van der Waals surface area contributed by atoms with Crippen molar-refractivity contribution in [1.29, 1.82) is 0 Å². The van der Waals surface area contributed by atoms with Crippen LogP contribution in [0.5, 0.6) is 0 Å². The van der Waals surface area contributed by atoms with Crippen molar-refractivity contribution >= 4 is 23.0 Å². The Labute approximate surface area is 124 Å². The first-order chi connectivity index (χ1) is 9.54. The predicted octanol–water partition coefficient (Wildman–Crippen LogP) is 3.13. The summed E-state index contributed by atoms with van der Waals surface area (Å²) in [5.41, 5.74) is 1.89. The molecule has 1 saturated heterocycles. The highest BCUT2D eigenvalue weighted by atomic mass is 35.5. The molecule has 1 aromatic rings. The number of benzene rings is 1. The van der Waals surface area contributed by atoms with Crippen LogP contribution in [0.1, 0.15) is 25.3 Å². The first kappa shape index (κ1) is 15.1. The van der Waals surface area contributed by atoms with Crippen molar-refractivity contribution in [3.63, 3.8) is 0 Å². The molecule has 1 aliphatic heterocycles. The lowest BCUT2D eigenvalue weighted by molar-refractivity contribution is -0.384. The van der Waals surface area contributed by atoms with Gasteiger partial charge in [-0.05, 0) is 37.9 Å². The normalized spacial score (nSPS) is 18.2. The van der Waals surface area contributed by atoms with Gasteiger partial charge in [0.1, 0.15) is 5.02 Å². The Balaban J connectivity index is 2.37. The zero-order chi connectivity index (χ0) is 14.7. The summed E-state index contributed by atoms with van der Waals surface area (Å²) in [6.07, 6.45) is 2.12. The molecule has 5 nitrogen and oxygen atoms in total. The van der Waals surface area contributed by atoms with Gasteiger partial charge in [0.15, 0.2) is 0 Å². The second-order valence-electron chi connectivity index (χ2n) is 5.19. The topological polar surface area (TPSA) is 58.4 Å². The fraction of sp³-hybridized carbons (Fsp3) is 0.571. The second kappa shape index (κ2) is 6.41. The first-order valence-corrected chi connectivity index (χ1v) is 7.34. The van der Waals surface area contributed by atoms with Crippen molar-refractivity contribution < 1.29 is 4.92 Å². The third-order valence-corrected chi connectivity index (χ3v) is 4.01. The van der Waals surface area contributed by atoms with Crippen molar-refractivity contribution in [2.45, 2.75) is 32.7 Å². The average molecular weight is 298 g/mol. The molecule has 0 spiro atoms. The minimum absolute atomic E-state index is 0.0195. The molecule has 0 aliphatic carbocycles. The van der Waals surface area contributed by atoms with E-state index in [0.29, 0.717) is 6.04 Å². The SMILES string of the molecule is CCCN(c1cc(Cl)c([N+](=O)[O-])cc1C)C1CCNC1. The molecule has 1 heterocycles. The molecule has 20 heavy (non-hydrogen) atoms. The number of anilines is 1. The Kier molecular flexibility index (Phi) is 4.83. The van der Waals surface area contributed by atoms with E-state index in [2.05, 4.69) is 17.1 Å². The number of halogens is 1. The zero-order valence-corrected chi connectivity index (χ0v) is 12.6. The number of hydrogen-bond donors (Lipinski definition) is 1. The summed E-state index contributed by atoms with van der Waals surface area (Å²) in [4.78, 5) is 12.8. The molecule has 1 unspecified atom stereocenters. The largest absolute Gasteiger partial charge is 0.367 e. The van der Waals surface area contributed by atoms with E-state index in [1.54, 1.807) is 12.1 Å². The Morgan fingerprint density at radius 3 is 2.85 bits per heavy atom. The fourth-order valence-electron chi connectivity index (χ4n) is 2.75. The van der Waals surface area contributed by atoms with E-state index in [1.807, 2.05) is 6.92 Å². The molecule has 1 aliphatic rings. The first-order valence-electron chi connectivity index (χ1n) is 6.96. The van der Waals surface area contributed by atoms with Gasteiger partial charge >= 0.3 is 0 Å². The van der Waals surface area contributed by atoms with Gasteiger partial charge in [-0.25, -0.2) is 0 Å². The minimum Gasteiger partial charge on any atom is -0.367 e. The van der Waals surface area contributed by atoms with E-state index in [4.69, 9.17) is 11.6 Å². The van der Waals surface area contributed by atoms with Gasteiger partial charge in [0.2, 0.25) is 0 Å². The van der Waals surface area contributed by atoms with Crippen molar-refractivity contribution in [3.8, 4) is 0 Å². The summed E-state index contributed by atoms with van der Waals surface area (Å²) >= 11 is 6.06. The van der Waals surface area contributed by atoms with Crippen LogP contribution < -0.4 is 10.2 Å². The minimum atomic E-state index is -0.430. The summed E-state index contributed by atoms with van der Waals surface area (Å²) in [7, 11) is 0. The Morgan fingerprint density at radius 2 is 2.30 bits per heavy atom. The van der Waals surface area contributed by atoms with Crippen LogP contribution in [0.15, 0.2) is 12.1 Å². The van der Waals surface area contributed by atoms with E-state index in [0.717, 1.165) is 43.7 Å². The maximum absolute atomic E-state index is 10.9. The molecule has 6 heteroatoms. The van der Waals surface area contributed by atoms with Crippen molar-refractivity contribution in [2.75, 3.05) is 24.5 Å². The molecule has 0 saturated carbocycles. The Hall–Kier alpha value is -1.33. The van der Waals surface area contributed by atoms with E-state index in [1.165, 1.54) is 0 Å². The molecule has 0 amide bonds. The van der Waals surface area contributed by atoms with Crippen LogP contribution in [0, 0.1) is 17.0 Å². The van der Waals surface area contributed by atoms with Crippen LogP contribution in [0.3, 0.4) is 0 Å². The molecule has 1 aromatic carbocycles. The van der Waals surface area contributed by atoms with Gasteiger partial charge in [0, 0.05) is 30.9 Å². The van der Waals surface area contributed by atoms with Crippen LogP contribution in [0.2, 0.25) is 5.02 Å². The third-order valence-electron chi connectivity index (χ3n) is 3.71. The van der Waals surface area contributed by atoms with E-state index in [9.17, 15) is 10.1 Å². The number of nitrogens with zero attached hydrogens (tertiary/aromatic N) is 2. The monoisotopic (exact) mass is 297 g/mol. The third kappa shape index (κ3) is 3.04. The maximum Gasteiger partial charge on any atom is 0.288 e. The summed E-state index contributed by atoms with van der Waals surface area (Å²) in [5.74, 6) is 0. The van der Waals surface area contributed by atoms with Crippen LogP contribution in [0.25, 0.3) is 0 Å². The number of hydrogen-bond acceptors (Lipinski definition) is 4. The lowest BCUT2D eigenvalue weighted by atomic mass is 10.1. The van der Waals surface area contributed by atoms with Gasteiger partial charge in [-0.15, -0.1) is 0 Å². The number of nitrogens with one attached hydrogen (secondary N) is 1. The highest BCUT2D eigenvalue weighted by Gasteiger charge is 2.25. The van der Waals surface area contributed by atoms with Gasteiger partial charge in [0.05, 0.1) is 4.92 Å². The number of rotatable bonds is 5. The molecular weight excluding hydrogens is 278 g/mol. The molecular formula is C14H20ClN3O2. The second-order valence-corrected chi connectivity index (χ2v) is 5.59. The van der Waals surface area contributed by atoms with Crippen LogP contribution in [-0.2, 0) is 0 Å². The molecule has 0 radical (unpaired) electrons. The Bertz CT molecular complexity index is 501. The van der Waals surface area contributed by atoms with Gasteiger partial charge < -0.3 is 10.2 Å². The molecule has 1 fully saturated rings. The average Bonchev–Trinajstić information content (AvgIpc) is 2.92.